The third-order valence-corrected chi connectivity index (χ3v) is 1.79. The molecule has 0 unspecified atom stereocenters. The Morgan fingerprint density at radius 1 is 1.44 bits per heavy atom. The minimum absolute atomic E-state index is 0.184. The summed E-state index contributed by atoms with van der Waals surface area (Å²) in [5.41, 5.74) is 8.87. The highest BCUT2D eigenvalue weighted by Crippen LogP contribution is 2.12. The van der Waals surface area contributed by atoms with Crippen molar-refractivity contribution in [2.45, 2.75) is 20.0 Å². The molecule has 4 nitrogen and oxygen atoms in total. The van der Waals surface area contributed by atoms with Gasteiger partial charge in [0.15, 0.2) is 6.21 Å². The van der Waals surface area contributed by atoms with Gasteiger partial charge in [-0.2, -0.15) is 0 Å². The zero-order valence-corrected chi connectivity index (χ0v) is 10.2. The average Bonchev–Trinajstić information content (AvgIpc) is 2.19. The van der Waals surface area contributed by atoms with Crippen LogP contribution in [0.1, 0.15) is 19.4 Å². The van der Waals surface area contributed by atoms with E-state index in [1.165, 1.54) is 0 Å². The first kappa shape index (κ1) is 12.4. The van der Waals surface area contributed by atoms with Crippen molar-refractivity contribution in [1.29, 1.82) is 0 Å². The Morgan fingerprint density at radius 3 is 2.56 bits per heavy atom. The maximum Gasteiger partial charge on any atom is 0.221 e. The van der Waals surface area contributed by atoms with E-state index in [9.17, 15) is 0 Å². The standard InChI is InChI=1S/C11H15N3OS/c1-8(2)15-10-5-3-9(4-6-10)7-13-14-11(12)16/h3-8H,1-2H3,(H3,12,14,16)/p+1. The summed E-state index contributed by atoms with van der Waals surface area (Å²) in [7, 11) is 0. The van der Waals surface area contributed by atoms with Crippen LogP contribution in [0.2, 0.25) is 0 Å². The van der Waals surface area contributed by atoms with E-state index in [1.807, 2.05) is 38.1 Å². The number of hydrogen-bond acceptors (Lipinski definition) is 2. The largest absolute Gasteiger partial charge is 0.491 e. The predicted molar refractivity (Wildman–Crippen MR) is 68.3 cm³/mol. The summed E-state index contributed by atoms with van der Waals surface area (Å²) in [5.74, 6) is 0.856. The molecule has 0 saturated heterocycles. The molecular weight excluding hydrogens is 222 g/mol. The Kier molecular flexibility index (Phi) is 4.72. The first-order valence-electron chi connectivity index (χ1n) is 4.99. The van der Waals surface area contributed by atoms with Gasteiger partial charge < -0.3 is 10.5 Å². The van der Waals surface area contributed by atoms with Crippen LogP contribution in [-0.4, -0.2) is 17.4 Å². The molecule has 86 valence electrons. The molecule has 0 radical (unpaired) electrons. The quantitative estimate of drug-likeness (QED) is 0.384. The molecule has 1 aromatic rings. The van der Waals surface area contributed by atoms with Crippen LogP contribution in [-0.2, 0) is 0 Å². The predicted octanol–water partition coefficient (Wildman–Crippen LogP) is -0.278. The Bertz CT molecular complexity index is 373. The fraction of sp³-hybridized carbons (Fsp3) is 0.273. The molecular formula is C11H16N3OS+. The van der Waals surface area contributed by atoms with Gasteiger partial charge in [0.2, 0.25) is 5.11 Å². The summed E-state index contributed by atoms with van der Waals surface area (Å²) in [6.45, 7) is 3.99. The van der Waals surface area contributed by atoms with Crippen LogP contribution in [0.4, 0.5) is 0 Å². The van der Waals surface area contributed by atoms with Crippen LogP contribution < -0.4 is 21.0 Å². The highest BCUT2D eigenvalue weighted by Gasteiger charge is 1.97. The van der Waals surface area contributed by atoms with Crippen molar-refractivity contribution < 1.29 is 9.84 Å². The van der Waals surface area contributed by atoms with Crippen LogP contribution in [0.3, 0.4) is 0 Å². The van der Waals surface area contributed by atoms with E-state index in [1.54, 1.807) is 6.21 Å². The van der Waals surface area contributed by atoms with E-state index < -0.39 is 0 Å². The lowest BCUT2D eigenvalue weighted by molar-refractivity contribution is -0.499. The summed E-state index contributed by atoms with van der Waals surface area (Å²) in [5, 5.41) is 2.98. The zero-order valence-electron chi connectivity index (χ0n) is 9.36. The third kappa shape index (κ3) is 4.75. The normalized spacial score (nSPS) is 10.7. The van der Waals surface area contributed by atoms with E-state index in [4.69, 9.17) is 10.5 Å². The molecule has 5 heteroatoms. The minimum Gasteiger partial charge on any atom is -0.491 e. The van der Waals surface area contributed by atoms with E-state index in [0.29, 0.717) is 0 Å². The first-order valence-corrected chi connectivity index (χ1v) is 5.39. The Hall–Kier alpha value is -1.62. The van der Waals surface area contributed by atoms with Gasteiger partial charge in [-0.15, -0.1) is 10.5 Å². The molecule has 4 N–H and O–H groups in total. The lowest BCUT2D eigenvalue weighted by Crippen LogP contribution is -2.82. The number of hydrazone groups is 1. The molecule has 1 aromatic carbocycles. The second-order valence-electron chi connectivity index (χ2n) is 3.51. The minimum atomic E-state index is 0.184. The van der Waals surface area contributed by atoms with E-state index in [2.05, 4.69) is 22.7 Å². The third-order valence-electron chi connectivity index (χ3n) is 1.69. The molecule has 0 aromatic heterocycles. The smallest absolute Gasteiger partial charge is 0.221 e. The first-order chi connectivity index (χ1) is 7.58. The van der Waals surface area contributed by atoms with Crippen molar-refractivity contribution in [1.82, 2.24) is 5.43 Å². The van der Waals surface area contributed by atoms with Crippen molar-refractivity contribution in [2.24, 2.45) is 5.73 Å². The molecule has 0 aliphatic carbocycles. The molecule has 0 bridgehead atoms. The van der Waals surface area contributed by atoms with Crippen LogP contribution in [0.15, 0.2) is 24.3 Å². The van der Waals surface area contributed by atoms with Gasteiger partial charge >= 0.3 is 0 Å². The fourth-order valence-corrected chi connectivity index (χ4v) is 1.16. The maximum atomic E-state index is 5.52. The van der Waals surface area contributed by atoms with Gasteiger partial charge in [-0.05, 0) is 50.3 Å². The number of hydrazine groups is 1. The molecule has 0 heterocycles. The van der Waals surface area contributed by atoms with Gasteiger partial charge in [-0.3, -0.25) is 0 Å². The Morgan fingerprint density at radius 2 is 2.06 bits per heavy atom. The summed E-state index contributed by atoms with van der Waals surface area (Å²) in [6, 6.07) is 7.69. The molecule has 16 heavy (non-hydrogen) atoms. The fourth-order valence-electron chi connectivity index (χ4n) is 1.11. The monoisotopic (exact) mass is 238 g/mol. The van der Waals surface area contributed by atoms with Crippen molar-refractivity contribution in [3.8, 4) is 5.75 Å². The zero-order chi connectivity index (χ0) is 12.0. The average molecular weight is 238 g/mol. The number of ether oxygens (including phenoxy) is 1. The van der Waals surface area contributed by atoms with E-state index >= 15 is 0 Å². The topological polar surface area (TPSA) is 61.2 Å². The van der Waals surface area contributed by atoms with Crippen LogP contribution in [0.25, 0.3) is 0 Å². The number of rotatable bonds is 4. The molecule has 0 amide bonds. The van der Waals surface area contributed by atoms with Crippen molar-refractivity contribution in [3.05, 3.63) is 29.8 Å². The van der Waals surface area contributed by atoms with Crippen LogP contribution in [0.5, 0.6) is 5.75 Å². The number of hydrogen-bond donors (Lipinski definition) is 3. The number of thiocarbonyl (C=S) groups is 1. The number of nitrogens with one attached hydrogen (secondary N) is 2. The lowest BCUT2D eigenvalue weighted by Gasteiger charge is -2.08. The molecule has 0 spiro atoms. The van der Waals surface area contributed by atoms with Gasteiger partial charge in [-0.25, -0.2) is 0 Å². The highest BCUT2D eigenvalue weighted by molar-refractivity contribution is 7.80. The second-order valence-corrected chi connectivity index (χ2v) is 3.95. The van der Waals surface area contributed by atoms with Gasteiger partial charge in [0.25, 0.3) is 0 Å². The summed E-state index contributed by atoms with van der Waals surface area (Å²) >= 11 is 4.64. The summed E-state index contributed by atoms with van der Waals surface area (Å²) < 4.78 is 5.52. The van der Waals surface area contributed by atoms with Crippen LogP contribution >= 0.6 is 12.2 Å². The lowest BCUT2D eigenvalue weighted by atomic mass is 10.2. The summed E-state index contributed by atoms with van der Waals surface area (Å²) in [6.07, 6.45) is 1.95. The molecule has 0 aliphatic rings. The number of nitrogens with two attached hydrogens (primary N) is 1. The summed E-state index contributed by atoms with van der Waals surface area (Å²) in [4.78, 5) is 0. The maximum absolute atomic E-state index is 5.52. The number of benzene rings is 1. The van der Waals surface area contributed by atoms with Crippen molar-refractivity contribution in [2.75, 3.05) is 0 Å². The SMILES string of the molecule is CC(C)Oc1ccc(C=[NH+]NC(N)=S)cc1. The highest BCUT2D eigenvalue weighted by atomic mass is 32.1. The van der Waals surface area contributed by atoms with Crippen molar-refractivity contribution in [3.63, 3.8) is 0 Å². The molecule has 1 rings (SSSR count). The van der Waals surface area contributed by atoms with E-state index in [-0.39, 0.29) is 11.2 Å². The van der Waals surface area contributed by atoms with Gasteiger partial charge in [0.05, 0.1) is 6.10 Å². The molecule has 0 aliphatic heterocycles. The van der Waals surface area contributed by atoms with Gasteiger partial charge in [-0.1, -0.05) is 0 Å². The molecule has 0 fully saturated rings. The Balaban J connectivity index is 2.57. The van der Waals surface area contributed by atoms with Gasteiger partial charge in [0, 0.05) is 5.56 Å². The van der Waals surface area contributed by atoms with E-state index in [0.717, 1.165) is 11.3 Å². The molecule has 0 saturated carbocycles. The Labute approximate surface area is 100 Å². The van der Waals surface area contributed by atoms with Crippen LogP contribution in [0, 0.1) is 0 Å². The molecule has 0 atom stereocenters. The van der Waals surface area contributed by atoms with Crippen molar-refractivity contribution >= 4 is 23.5 Å². The second kappa shape index (κ2) is 6.07. The van der Waals surface area contributed by atoms with Gasteiger partial charge in [0.1, 0.15) is 5.75 Å².